The minimum absolute atomic E-state index is 0. The number of hydrogen-bond donors (Lipinski definition) is 2. The van der Waals surface area contributed by atoms with Gasteiger partial charge in [0.15, 0.2) is 0 Å². The van der Waals surface area contributed by atoms with Crippen molar-refractivity contribution < 1.29 is 62.5 Å². The van der Waals surface area contributed by atoms with Crippen molar-refractivity contribution in [2.24, 2.45) is 0 Å². The molecule has 0 aliphatic heterocycles. The SMILES string of the molecule is CC(C)c1nc(N(C)S(C)(=O)=O)nc2c1C[C@@H]([C@@H](O)C[C@@H](O)CC(=O)[O-])c1cc(F)ccc1-2.[Na+]. The molecule has 180 valence electrons. The van der Waals surface area contributed by atoms with Gasteiger partial charge in [-0.3, -0.25) is 0 Å². The summed E-state index contributed by atoms with van der Waals surface area (Å²) in [6.45, 7) is 3.78. The number of carbonyl (C=O) groups is 1. The number of rotatable bonds is 8. The van der Waals surface area contributed by atoms with Gasteiger partial charge in [0.05, 0.1) is 29.9 Å². The van der Waals surface area contributed by atoms with Crippen LogP contribution in [0.1, 0.15) is 55.3 Å². The molecule has 1 heterocycles. The summed E-state index contributed by atoms with van der Waals surface area (Å²) in [5, 5.41) is 31.7. The number of aliphatic carboxylic acids is 1. The summed E-state index contributed by atoms with van der Waals surface area (Å²) in [5.41, 5.74) is 2.69. The zero-order valence-corrected chi connectivity index (χ0v) is 22.6. The van der Waals surface area contributed by atoms with Crippen LogP contribution in [-0.2, 0) is 21.2 Å². The molecule has 0 saturated carbocycles. The maximum atomic E-state index is 14.2. The van der Waals surface area contributed by atoms with Gasteiger partial charge in [0.25, 0.3) is 0 Å². The van der Waals surface area contributed by atoms with Crippen LogP contribution < -0.4 is 39.0 Å². The number of aliphatic hydroxyl groups excluding tert-OH is 2. The summed E-state index contributed by atoms with van der Waals surface area (Å²) in [6, 6.07) is 4.04. The van der Waals surface area contributed by atoms with Crippen molar-refractivity contribution in [3.8, 4) is 11.3 Å². The molecular weight excluding hydrogens is 476 g/mol. The van der Waals surface area contributed by atoms with Gasteiger partial charge in [0.2, 0.25) is 16.0 Å². The first kappa shape index (κ1) is 28.6. The van der Waals surface area contributed by atoms with Crippen LogP contribution in [0.4, 0.5) is 10.3 Å². The largest absolute Gasteiger partial charge is 1.00 e. The number of benzene rings is 1. The van der Waals surface area contributed by atoms with E-state index in [4.69, 9.17) is 0 Å². The van der Waals surface area contributed by atoms with E-state index in [0.29, 0.717) is 28.1 Å². The zero-order chi connectivity index (χ0) is 24.7. The number of aromatic nitrogens is 2. The number of carboxylic acids is 1. The summed E-state index contributed by atoms with van der Waals surface area (Å²) in [4.78, 5) is 19.8. The van der Waals surface area contributed by atoms with Gasteiger partial charge in [-0.05, 0) is 36.1 Å². The minimum atomic E-state index is -3.63. The van der Waals surface area contributed by atoms with Crippen molar-refractivity contribution >= 4 is 21.9 Å². The van der Waals surface area contributed by atoms with Crippen molar-refractivity contribution in [2.45, 2.75) is 57.2 Å². The van der Waals surface area contributed by atoms with E-state index in [1.165, 1.54) is 25.2 Å². The summed E-state index contributed by atoms with van der Waals surface area (Å²) in [6.07, 6.45) is -2.12. The monoisotopic (exact) mass is 503 g/mol. The zero-order valence-electron chi connectivity index (χ0n) is 19.8. The molecule has 3 atom stereocenters. The van der Waals surface area contributed by atoms with Gasteiger partial charge in [0.1, 0.15) is 5.82 Å². The normalized spacial score (nSPS) is 16.8. The molecule has 3 rings (SSSR count). The maximum absolute atomic E-state index is 14.2. The number of carboxylic acid groups (broad SMARTS) is 1. The van der Waals surface area contributed by atoms with Crippen LogP contribution in [-0.4, -0.2) is 60.1 Å². The molecule has 0 spiro atoms. The molecule has 2 aromatic rings. The van der Waals surface area contributed by atoms with Crippen LogP contribution in [0.3, 0.4) is 0 Å². The Hall–Kier alpha value is -1.63. The fourth-order valence-corrected chi connectivity index (χ4v) is 4.51. The third kappa shape index (κ3) is 6.13. The Bertz CT molecular complexity index is 1180. The average Bonchev–Trinajstić information content (AvgIpc) is 2.69. The molecule has 0 amide bonds. The molecule has 0 bridgehead atoms. The number of nitrogens with zero attached hydrogens (tertiary/aromatic N) is 3. The van der Waals surface area contributed by atoms with Gasteiger partial charge in [-0.1, -0.05) is 13.8 Å². The number of fused-ring (bicyclic) bond motifs is 3. The Morgan fingerprint density at radius 3 is 2.50 bits per heavy atom. The molecule has 1 aromatic heterocycles. The molecule has 2 N–H and O–H groups in total. The summed E-state index contributed by atoms with van der Waals surface area (Å²) >= 11 is 0. The molecule has 0 radical (unpaired) electrons. The Kier molecular flexibility index (Phi) is 9.22. The van der Waals surface area contributed by atoms with Crippen LogP contribution in [0.15, 0.2) is 18.2 Å². The second-order valence-corrected chi connectivity index (χ2v) is 10.7. The third-order valence-corrected chi connectivity index (χ3v) is 6.98. The fraction of sp³-hybridized carbons (Fsp3) is 0.500. The first-order chi connectivity index (χ1) is 15.3. The van der Waals surface area contributed by atoms with Gasteiger partial charge in [0, 0.05) is 42.9 Å². The summed E-state index contributed by atoms with van der Waals surface area (Å²) < 4.78 is 39.3. The molecule has 1 aliphatic carbocycles. The Morgan fingerprint density at radius 1 is 1.29 bits per heavy atom. The topological polar surface area (TPSA) is 144 Å². The molecule has 1 aromatic carbocycles. The summed E-state index contributed by atoms with van der Waals surface area (Å²) in [5.74, 6) is -2.75. The molecular formula is C22H27FN3NaO6S. The number of hydrogen-bond acceptors (Lipinski definition) is 8. The van der Waals surface area contributed by atoms with E-state index >= 15 is 0 Å². The molecule has 12 heteroatoms. The van der Waals surface area contributed by atoms with E-state index in [-0.39, 0.29) is 54.3 Å². The average molecular weight is 504 g/mol. The Morgan fingerprint density at radius 2 is 1.94 bits per heavy atom. The fourth-order valence-electron chi connectivity index (χ4n) is 4.13. The first-order valence-electron chi connectivity index (χ1n) is 10.5. The van der Waals surface area contributed by atoms with Crippen LogP contribution >= 0.6 is 0 Å². The van der Waals surface area contributed by atoms with Crippen molar-refractivity contribution in [1.29, 1.82) is 0 Å². The van der Waals surface area contributed by atoms with Crippen LogP contribution in [0, 0.1) is 5.82 Å². The quantitative estimate of drug-likeness (QED) is 0.383. The van der Waals surface area contributed by atoms with E-state index < -0.39 is 46.4 Å². The van der Waals surface area contributed by atoms with E-state index in [1.807, 2.05) is 13.8 Å². The Labute approximate surface area is 220 Å². The second kappa shape index (κ2) is 11.0. The predicted octanol–water partition coefficient (Wildman–Crippen LogP) is -2.30. The molecule has 9 nitrogen and oxygen atoms in total. The van der Waals surface area contributed by atoms with Gasteiger partial charge in [-0.25, -0.2) is 27.1 Å². The van der Waals surface area contributed by atoms with Crippen molar-refractivity contribution in [1.82, 2.24) is 9.97 Å². The van der Waals surface area contributed by atoms with Crippen LogP contribution in [0.5, 0.6) is 0 Å². The van der Waals surface area contributed by atoms with E-state index in [1.54, 1.807) is 0 Å². The van der Waals surface area contributed by atoms with Crippen molar-refractivity contribution in [3.63, 3.8) is 0 Å². The molecule has 1 aliphatic rings. The molecule has 34 heavy (non-hydrogen) atoms. The van der Waals surface area contributed by atoms with Gasteiger partial charge >= 0.3 is 29.6 Å². The van der Waals surface area contributed by atoms with E-state index in [0.717, 1.165) is 10.6 Å². The molecule has 0 unspecified atom stereocenters. The first-order valence-corrected chi connectivity index (χ1v) is 12.3. The van der Waals surface area contributed by atoms with Crippen LogP contribution in [0.25, 0.3) is 11.3 Å². The standard InChI is InChI=1S/C22H28FN3O6S.Na/c1-11(2)20-17-10-16(18(28)8-13(27)9-19(29)30)15-7-12(23)5-6-14(15)21(17)25-22(24-20)26(3)33(4,31)32;/h5-7,11,13,16,18,27-28H,8-10H2,1-4H3,(H,29,30);/q;+1/p-1/t13-,16-,18+;/m1./s1. The van der Waals surface area contributed by atoms with E-state index in [9.17, 15) is 32.9 Å². The van der Waals surface area contributed by atoms with Gasteiger partial charge < -0.3 is 20.1 Å². The Balaban J connectivity index is 0.00000408. The van der Waals surface area contributed by atoms with E-state index in [2.05, 4.69) is 9.97 Å². The van der Waals surface area contributed by atoms with Gasteiger partial charge in [-0.15, -0.1) is 0 Å². The number of aliphatic hydroxyl groups is 2. The van der Waals surface area contributed by atoms with Crippen LogP contribution in [0.2, 0.25) is 0 Å². The number of sulfonamides is 1. The molecule has 0 saturated heterocycles. The predicted molar refractivity (Wildman–Crippen MR) is 117 cm³/mol. The second-order valence-electron chi connectivity index (χ2n) is 8.70. The number of carbonyl (C=O) groups excluding carboxylic acids is 1. The van der Waals surface area contributed by atoms with Crippen molar-refractivity contribution in [2.75, 3.05) is 17.6 Å². The molecule has 0 fully saturated rings. The number of anilines is 1. The minimum Gasteiger partial charge on any atom is -0.550 e. The maximum Gasteiger partial charge on any atom is 1.00 e. The van der Waals surface area contributed by atoms with Gasteiger partial charge in [-0.2, -0.15) is 0 Å². The van der Waals surface area contributed by atoms with Crippen molar-refractivity contribution in [3.05, 3.63) is 40.8 Å². The third-order valence-electron chi connectivity index (χ3n) is 5.83. The summed E-state index contributed by atoms with van der Waals surface area (Å²) in [7, 11) is -2.28. The smallest absolute Gasteiger partial charge is 0.550 e. The number of halogens is 1.